The quantitative estimate of drug-likeness (QED) is 0.867. The van der Waals surface area contributed by atoms with E-state index in [2.05, 4.69) is 9.97 Å². The Kier molecular flexibility index (Phi) is 4.91. The lowest BCUT2D eigenvalue weighted by atomic mass is 10.2. The molecule has 0 aliphatic heterocycles. The lowest BCUT2D eigenvalue weighted by Gasteiger charge is -2.06. The Hall–Kier alpha value is -0.970. The standard InChI is InChI=1S/C13H12Cl2N2OS/c1-9-5-17-10(6-16-9)7-19(18)8-11-12(14)3-2-4-13(11)15/h2-6H,7-8H2,1H3/t19-/m1/s1. The molecular formula is C13H12Cl2N2OS. The van der Waals surface area contributed by atoms with Gasteiger partial charge in [-0.15, -0.1) is 0 Å². The molecule has 0 fully saturated rings. The van der Waals surface area contributed by atoms with Gasteiger partial charge in [0.1, 0.15) is 0 Å². The van der Waals surface area contributed by atoms with E-state index in [0.717, 1.165) is 5.69 Å². The van der Waals surface area contributed by atoms with Gasteiger partial charge in [0, 0.05) is 38.8 Å². The number of benzene rings is 1. The summed E-state index contributed by atoms with van der Waals surface area (Å²) < 4.78 is 12.1. The highest BCUT2D eigenvalue weighted by Gasteiger charge is 2.11. The van der Waals surface area contributed by atoms with E-state index in [-0.39, 0.29) is 0 Å². The van der Waals surface area contributed by atoms with Crippen molar-refractivity contribution in [1.29, 1.82) is 0 Å². The molecule has 0 spiro atoms. The number of aromatic nitrogens is 2. The molecular weight excluding hydrogens is 303 g/mol. The van der Waals surface area contributed by atoms with Gasteiger partial charge in [-0.05, 0) is 19.1 Å². The van der Waals surface area contributed by atoms with Crippen LogP contribution in [-0.2, 0) is 22.3 Å². The van der Waals surface area contributed by atoms with Crippen molar-refractivity contribution in [1.82, 2.24) is 9.97 Å². The van der Waals surface area contributed by atoms with Crippen molar-refractivity contribution in [3.8, 4) is 0 Å². The van der Waals surface area contributed by atoms with E-state index in [1.807, 2.05) is 6.92 Å². The predicted molar refractivity (Wildman–Crippen MR) is 78.8 cm³/mol. The van der Waals surface area contributed by atoms with Crippen LogP contribution in [0.15, 0.2) is 30.6 Å². The van der Waals surface area contributed by atoms with E-state index in [4.69, 9.17) is 23.2 Å². The Balaban J connectivity index is 2.07. The third-order valence-corrected chi connectivity index (χ3v) is 4.45. The van der Waals surface area contributed by atoms with E-state index in [1.165, 1.54) is 0 Å². The van der Waals surface area contributed by atoms with E-state index < -0.39 is 10.8 Å². The lowest BCUT2D eigenvalue weighted by Crippen LogP contribution is -2.03. The molecule has 0 amide bonds. The smallest absolute Gasteiger partial charge is 0.0711 e. The molecule has 2 aromatic rings. The topological polar surface area (TPSA) is 42.9 Å². The predicted octanol–water partition coefficient (Wildman–Crippen LogP) is 3.54. The van der Waals surface area contributed by atoms with Crippen molar-refractivity contribution < 1.29 is 4.21 Å². The van der Waals surface area contributed by atoms with Gasteiger partial charge in [-0.3, -0.25) is 14.2 Å². The fourth-order valence-electron chi connectivity index (χ4n) is 1.54. The summed E-state index contributed by atoms with van der Waals surface area (Å²) in [4.78, 5) is 8.31. The largest absolute Gasteiger partial charge is 0.259 e. The van der Waals surface area contributed by atoms with Gasteiger partial charge in [0.25, 0.3) is 0 Å². The SMILES string of the molecule is Cc1cnc(C[S@@](=O)Cc2c(Cl)cccc2Cl)cn1. The molecule has 3 nitrogen and oxygen atoms in total. The second-order valence-electron chi connectivity index (χ2n) is 4.08. The zero-order chi connectivity index (χ0) is 13.8. The molecule has 1 aromatic heterocycles. The molecule has 0 saturated heterocycles. The normalized spacial score (nSPS) is 12.4. The Morgan fingerprint density at radius 2 is 1.79 bits per heavy atom. The molecule has 6 heteroatoms. The van der Waals surface area contributed by atoms with Crippen LogP contribution in [0.5, 0.6) is 0 Å². The third-order valence-electron chi connectivity index (χ3n) is 2.51. The molecule has 1 heterocycles. The molecule has 0 N–H and O–H groups in total. The molecule has 0 aliphatic carbocycles. The summed E-state index contributed by atoms with van der Waals surface area (Å²) in [7, 11) is -1.12. The molecule has 0 aliphatic rings. The summed E-state index contributed by atoms with van der Waals surface area (Å²) in [6.45, 7) is 1.86. The summed E-state index contributed by atoms with van der Waals surface area (Å²) >= 11 is 12.1. The summed E-state index contributed by atoms with van der Waals surface area (Å²) in [6, 6.07) is 5.25. The molecule has 0 unspecified atom stereocenters. The van der Waals surface area contributed by atoms with Gasteiger partial charge in [0.05, 0.1) is 22.9 Å². The van der Waals surface area contributed by atoms with Gasteiger partial charge >= 0.3 is 0 Å². The van der Waals surface area contributed by atoms with Crippen LogP contribution >= 0.6 is 23.2 Å². The first-order valence-corrected chi connectivity index (χ1v) is 7.86. The van der Waals surface area contributed by atoms with Crippen molar-refractivity contribution in [2.45, 2.75) is 18.4 Å². The molecule has 1 atom stereocenters. The molecule has 0 bridgehead atoms. The fraction of sp³-hybridized carbons (Fsp3) is 0.231. The van der Waals surface area contributed by atoms with Crippen LogP contribution in [-0.4, -0.2) is 14.2 Å². The molecule has 100 valence electrons. The fourth-order valence-corrected chi connectivity index (χ4v) is 3.44. The van der Waals surface area contributed by atoms with Gasteiger partial charge in [-0.1, -0.05) is 29.3 Å². The minimum absolute atomic E-state index is 0.314. The summed E-state index contributed by atoms with van der Waals surface area (Å²) in [5.41, 5.74) is 2.25. The number of rotatable bonds is 4. The number of hydrogen-bond donors (Lipinski definition) is 0. The maximum Gasteiger partial charge on any atom is 0.0711 e. The second kappa shape index (κ2) is 6.46. The Morgan fingerprint density at radius 1 is 1.11 bits per heavy atom. The van der Waals surface area contributed by atoms with Crippen LogP contribution in [0.25, 0.3) is 0 Å². The van der Waals surface area contributed by atoms with E-state index in [1.54, 1.807) is 30.6 Å². The Bertz CT molecular complexity index is 582. The minimum atomic E-state index is -1.12. The van der Waals surface area contributed by atoms with Crippen LogP contribution in [0.2, 0.25) is 10.0 Å². The van der Waals surface area contributed by atoms with Gasteiger partial charge in [0.2, 0.25) is 0 Å². The van der Waals surface area contributed by atoms with Crippen LogP contribution in [0.1, 0.15) is 17.0 Å². The average molecular weight is 315 g/mol. The zero-order valence-electron chi connectivity index (χ0n) is 10.3. The minimum Gasteiger partial charge on any atom is -0.259 e. The van der Waals surface area contributed by atoms with Crippen LogP contribution in [0, 0.1) is 6.92 Å². The van der Waals surface area contributed by atoms with Crippen molar-refractivity contribution in [3.05, 3.63) is 57.6 Å². The molecule has 0 saturated carbocycles. The van der Waals surface area contributed by atoms with Crippen molar-refractivity contribution in [2.24, 2.45) is 0 Å². The molecule has 2 rings (SSSR count). The summed E-state index contributed by atoms with van der Waals surface area (Å²) in [6.07, 6.45) is 3.30. The van der Waals surface area contributed by atoms with Gasteiger partial charge in [-0.25, -0.2) is 0 Å². The van der Waals surface area contributed by atoms with Crippen molar-refractivity contribution in [2.75, 3.05) is 0 Å². The summed E-state index contributed by atoms with van der Waals surface area (Å²) in [5, 5.41) is 1.08. The highest BCUT2D eigenvalue weighted by Crippen LogP contribution is 2.25. The van der Waals surface area contributed by atoms with Crippen LogP contribution < -0.4 is 0 Å². The van der Waals surface area contributed by atoms with E-state index in [0.29, 0.717) is 32.8 Å². The number of hydrogen-bond acceptors (Lipinski definition) is 3. The van der Waals surface area contributed by atoms with Crippen LogP contribution in [0.3, 0.4) is 0 Å². The first-order valence-electron chi connectivity index (χ1n) is 5.61. The number of aryl methyl sites for hydroxylation is 1. The van der Waals surface area contributed by atoms with Crippen LogP contribution in [0.4, 0.5) is 0 Å². The van der Waals surface area contributed by atoms with Crippen molar-refractivity contribution >= 4 is 34.0 Å². The van der Waals surface area contributed by atoms with Gasteiger partial charge in [-0.2, -0.15) is 0 Å². The zero-order valence-corrected chi connectivity index (χ0v) is 12.6. The highest BCUT2D eigenvalue weighted by molar-refractivity contribution is 7.83. The maximum absolute atomic E-state index is 12.1. The van der Waals surface area contributed by atoms with Gasteiger partial charge in [0.15, 0.2) is 0 Å². The first kappa shape index (κ1) is 14.4. The molecule has 0 radical (unpaired) electrons. The van der Waals surface area contributed by atoms with E-state index in [9.17, 15) is 4.21 Å². The Labute approximate surface area is 124 Å². The molecule has 1 aromatic carbocycles. The molecule has 19 heavy (non-hydrogen) atoms. The first-order chi connectivity index (χ1) is 9.06. The second-order valence-corrected chi connectivity index (χ2v) is 6.35. The van der Waals surface area contributed by atoms with Gasteiger partial charge < -0.3 is 0 Å². The number of nitrogens with zero attached hydrogens (tertiary/aromatic N) is 2. The summed E-state index contributed by atoms with van der Waals surface area (Å²) in [5.74, 6) is 0.656. The average Bonchev–Trinajstić information content (AvgIpc) is 2.37. The lowest BCUT2D eigenvalue weighted by molar-refractivity contribution is 0.681. The third kappa shape index (κ3) is 4.00. The monoisotopic (exact) mass is 314 g/mol. The van der Waals surface area contributed by atoms with Crippen molar-refractivity contribution in [3.63, 3.8) is 0 Å². The highest BCUT2D eigenvalue weighted by atomic mass is 35.5. The Morgan fingerprint density at radius 3 is 2.37 bits per heavy atom. The van der Waals surface area contributed by atoms with E-state index >= 15 is 0 Å². The number of halogens is 2. The maximum atomic E-state index is 12.1.